The molecule has 1 N–H and O–H groups in total. The normalized spacial score (nSPS) is 19.6. The summed E-state index contributed by atoms with van der Waals surface area (Å²) in [5.41, 5.74) is 0.857. The second kappa shape index (κ2) is 8.03. The number of benzene rings is 2. The van der Waals surface area contributed by atoms with Crippen molar-refractivity contribution in [1.29, 1.82) is 0 Å². The van der Waals surface area contributed by atoms with Gasteiger partial charge in [0.15, 0.2) is 0 Å². The molecule has 6 nitrogen and oxygen atoms in total. The Morgan fingerprint density at radius 2 is 1.81 bits per heavy atom. The first-order valence-corrected chi connectivity index (χ1v) is 9.00. The maximum atomic E-state index is 12.8. The van der Waals surface area contributed by atoms with E-state index in [1.54, 1.807) is 6.92 Å². The highest BCUT2D eigenvalue weighted by atomic mass is 16.5. The lowest BCUT2D eigenvalue weighted by atomic mass is 9.93. The maximum Gasteiger partial charge on any atom is 0.346 e. The van der Waals surface area contributed by atoms with E-state index in [4.69, 9.17) is 4.74 Å². The van der Waals surface area contributed by atoms with Crippen LogP contribution >= 0.6 is 0 Å². The van der Waals surface area contributed by atoms with Crippen molar-refractivity contribution in [1.82, 2.24) is 10.3 Å². The Balaban J connectivity index is 1.72. The summed E-state index contributed by atoms with van der Waals surface area (Å²) in [5, 5.41) is 7.78. The number of nitrogens with zero attached hydrogens (tertiary/aromatic N) is 2. The third-order valence-electron chi connectivity index (χ3n) is 4.53. The number of hydrogen-bond acceptors (Lipinski definition) is 4. The predicted molar refractivity (Wildman–Crippen MR) is 104 cm³/mol. The monoisotopic (exact) mass is 365 g/mol. The van der Waals surface area contributed by atoms with E-state index in [-0.39, 0.29) is 5.91 Å². The van der Waals surface area contributed by atoms with Gasteiger partial charge in [-0.2, -0.15) is 5.10 Å². The molecule has 27 heavy (non-hydrogen) atoms. The summed E-state index contributed by atoms with van der Waals surface area (Å²) >= 11 is 0. The first-order valence-electron chi connectivity index (χ1n) is 9.00. The SMILES string of the molecule is CCOc1ccccc1/C=N\N1C(=O)N[C@@](C)(CCc2ccccc2)C1=O. The lowest BCUT2D eigenvalue weighted by Crippen LogP contribution is -2.44. The fraction of sp³-hybridized carbons (Fsp3) is 0.286. The molecule has 6 heteroatoms. The highest BCUT2D eigenvalue weighted by Gasteiger charge is 2.47. The second-order valence-electron chi connectivity index (χ2n) is 6.58. The molecular formula is C21H23N3O3. The van der Waals surface area contributed by atoms with Crippen molar-refractivity contribution in [2.75, 3.05) is 6.61 Å². The van der Waals surface area contributed by atoms with Gasteiger partial charge in [0, 0.05) is 5.56 Å². The topological polar surface area (TPSA) is 71.0 Å². The molecule has 2 aromatic rings. The first kappa shape index (κ1) is 18.6. The molecule has 1 heterocycles. The summed E-state index contributed by atoms with van der Waals surface area (Å²) in [6.07, 6.45) is 2.67. The van der Waals surface area contributed by atoms with E-state index >= 15 is 0 Å². The Bertz CT molecular complexity index is 851. The second-order valence-corrected chi connectivity index (χ2v) is 6.58. The van der Waals surface area contributed by atoms with E-state index in [1.165, 1.54) is 6.21 Å². The smallest absolute Gasteiger partial charge is 0.346 e. The minimum Gasteiger partial charge on any atom is -0.493 e. The fourth-order valence-electron chi connectivity index (χ4n) is 2.98. The zero-order valence-electron chi connectivity index (χ0n) is 15.5. The quantitative estimate of drug-likeness (QED) is 0.604. The molecule has 140 valence electrons. The number of urea groups is 1. The predicted octanol–water partition coefficient (Wildman–Crippen LogP) is 3.36. The Hall–Kier alpha value is -3.15. The van der Waals surface area contributed by atoms with Crippen molar-refractivity contribution in [2.24, 2.45) is 5.10 Å². The molecule has 1 aliphatic heterocycles. The molecule has 3 rings (SSSR count). The van der Waals surface area contributed by atoms with Gasteiger partial charge in [-0.25, -0.2) is 4.79 Å². The van der Waals surface area contributed by atoms with Gasteiger partial charge in [0.1, 0.15) is 11.3 Å². The van der Waals surface area contributed by atoms with Crippen LogP contribution < -0.4 is 10.1 Å². The highest BCUT2D eigenvalue weighted by Crippen LogP contribution is 2.24. The average Bonchev–Trinajstić information content (AvgIpc) is 2.89. The number of rotatable bonds is 7. The van der Waals surface area contributed by atoms with Crippen LogP contribution in [0.15, 0.2) is 59.7 Å². The van der Waals surface area contributed by atoms with E-state index in [0.717, 1.165) is 10.6 Å². The molecule has 3 amide bonds. The molecule has 1 saturated heterocycles. The van der Waals surface area contributed by atoms with Gasteiger partial charge in [-0.1, -0.05) is 42.5 Å². The van der Waals surface area contributed by atoms with Gasteiger partial charge in [-0.05, 0) is 44.4 Å². The van der Waals surface area contributed by atoms with Crippen LogP contribution in [-0.2, 0) is 11.2 Å². The Morgan fingerprint density at radius 3 is 2.56 bits per heavy atom. The summed E-state index contributed by atoms with van der Waals surface area (Å²) < 4.78 is 5.54. The number of para-hydroxylation sites is 1. The van der Waals surface area contributed by atoms with E-state index in [9.17, 15) is 9.59 Å². The Morgan fingerprint density at radius 1 is 1.11 bits per heavy atom. The van der Waals surface area contributed by atoms with Crippen LogP contribution in [0.25, 0.3) is 0 Å². The zero-order valence-corrected chi connectivity index (χ0v) is 15.5. The third-order valence-corrected chi connectivity index (χ3v) is 4.53. The average molecular weight is 365 g/mol. The molecule has 0 aliphatic carbocycles. The molecule has 0 bridgehead atoms. The number of imide groups is 1. The molecule has 0 radical (unpaired) electrons. The van der Waals surface area contributed by atoms with Gasteiger partial charge < -0.3 is 10.1 Å². The maximum absolute atomic E-state index is 12.8. The third kappa shape index (κ3) is 4.16. The molecule has 1 fully saturated rings. The van der Waals surface area contributed by atoms with Crippen LogP contribution in [0.5, 0.6) is 5.75 Å². The molecule has 0 spiro atoms. The number of ether oxygens (including phenoxy) is 1. The van der Waals surface area contributed by atoms with Crippen LogP contribution in [0.3, 0.4) is 0 Å². The van der Waals surface area contributed by atoms with Gasteiger partial charge in [-0.15, -0.1) is 5.01 Å². The summed E-state index contributed by atoms with van der Waals surface area (Å²) in [4.78, 5) is 25.1. The lowest BCUT2D eigenvalue weighted by molar-refractivity contribution is -0.130. The van der Waals surface area contributed by atoms with Crippen molar-refractivity contribution in [2.45, 2.75) is 32.2 Å². The molecule has 1 atom stereocenters. The minimum absolute atomic E-state index is 0.353. The Kier molecular flexibility index (Phi) is 5.54. The van der Waals surface area contributed by atoms with Crippen LogP contribution in [0.4, 0.5) is 4.79 Å². The van der Waals surface area contributed by atoms with Gasteiger partial charge in [0.2, 0.25) is 0 Å². The number of nitrogens with one attached hydrogen (secondary N) is 1. The van der Waals surface area contributed by atoms with E-state index < -0.39 is 11.6 Å². The van der Waals surface area contributed by atoms with Crippen molar-refractivity contribution < 1.29 is 14.3 Å². The largest absolute Gasteiger partial charge is 0.493 e. The highest BCUT2D eigenvalue weighted by molar-refractivity contribution is 6.07. The zero-order chi connectivity index (χ0) is 19.3. The van der Waals surface area contributed by atoms with Crippen molar-refractivity contribution in [3.63, 3.8) is 0 Å². The van der Waals surface area contributed by atoms with Gasteiger partial charge >= 0.3 is 6.03 Å². The van der Waals surface area contributed by atoms with Gasteiger partial charge in [0.25, 0.3) is 5.91 Å². The molecule has 0 aromatic heterocycles. The summed E-state index contributed by atoms with van der Waals surface area (Å²) in [7, 11) is 0. The molecule has 1 aliphatic rings. The van der Waals surface area contributed by atoms with E-state index in [2.05, 4.69) is 10.4 Å². The van der Waals surface area contributed by atoms with Crippen LogP contribution in [0.2, 0.25) is 0 Å². The van der Waals surface area contributed by atoms with E-state index in [1.807, 2.05) is 61.5 Å². The lowest BCUT2D eigenvalue weighted by Gasteiger charge is -2.20. The molecule has 0 unspecified atom stereocenters. The number of aryl methyl sites for hydroxylation is 1. The number of hydrogen-bond donors (Lipinski definition) is 1. The van der Waals surface area contributed by atoms with Crippen LogP contribution in [0, 0.1) is 0 Å². The first-order chi connectivity index (χ1) is 13.0. The van der Waals surface area contributed by atoms with E-state index in [0.29, 0.717) is 30.8 Å². The van der Waals surface area contributed by atoms with Crippen molar-refractivity contribution in [3.8, 4) is 5.75 Å². The van der Waals surface area contributed by atoms with Crippen molar-refractivity contribution in [3.05, 3.63) is 65.7 Å². The Labute approximate surface area is 158 Å². The standard InChI is InChI=1S/C21H23N3O3/c1-3-27-18-12-8-7-11-17(18)15-22-24-19(25)21(2,23-20(24)26)14-13-16-9-5-4-6-10-16/h4-12,15H,3,13-14H2,1-2H3,(H,23,26)/b22-15-/t21-/m0/s1. The summed E-state index contributed by atoms with van der Waals surface area (Å²) in [6, 6.07) is 16.7. The molecular weight excluding hydrogens is 342 g/mol. The van der Waals surface area contributed by atoms with Crippen LogP contribution in [-0.4, -0.2) is 35.3 Å². The summed E-state index contributed by atoms with van der Waals surface area (Å²) in [5.74, 6) is 0.302. The van der Waals surface area contributed by atoms with Gasteiger partial charge in [0.05, 0.1) is 12.8 Å². The minimum atomic E-state index is -0.969. The number of hydrazone groups is 1. The van der Waals surface area contributed by atoms with Crippen molar-refractivity contribution >= 4 is 18.2 Å². The number of carbonyl (C=O) groups excluding carboxylic acids is 2. The van der Waals surface area contributed by atoms with Gasteiger partial charge in [-0.3, -0.25) is 4.79 Å². The molecule has 2 aromatic carbocycles. The summed E-state index contributed by atoms with van der Waals surface area (Å²) in [6.45, 7) is 4.15. The number of amides is 3. The fourth-order valence-corrected chi connectivity index (χ4v) is 2.98. The molecule has 0 saturated carbocycles. The van der Waals surface area contributed by atoms with Crippen LogP contribution in [0.1, 0.15) is 31.4 Å². The number of carbonyl (C=O) groups is 2.